The summed E-state index contributed by atoms with van der Waals surface area (Å²) in [6.07, 6.45) is 0. The third-order valence-electron chi connectivity index (χ3n) is 1.86. The predicted molar refractivity (Wildman–Crippen MR) is 68.3 cm³/mol. The molecular formula is C8H10N6O3S2. The van der Waals surface area contributed by atoms with Crippen LogP contribution in [-0.2, 0) is 14.8 Å². The Kier molecular flexibility index (Phi) is 3.48. The van der Waals surface area contributed by atoms with E-state index in [9.17, 15) is 13.2 Å². The van der Waals surface area contributed by atoms with Crippen molar-refractivity contribution in [3.8, 4) is 0 Å². The number of aryl methyl sites for hydroxylation is 1. The molecule has 0 aliphatic carbocycles. The molecule has 2 aromatic heterocycles. The topological polar surface area (TPSA) is 130 Å². The summed E-state index contributed by atoms with van der Waals surface area (Å²) in [6.45, 7) is 3.03. The number of aromatic nitrogens is 4. The van der Waals surface area contributed by atoms with Gasteiger partial charge >= 0.3 is 0 Å². The summed E-state index contributed by atoms with van der Waals surface area (Å²) in [4.78, 5) is 10.8. The highest BCUT2D eigenvalue weighted by Crippen LogP contribution is 2.21. The van der Waals surface area contributed by atoms with Crippen LogP contribution in [0.2, 0.25) is 0 Å². The van der Waals surface area contributed by atoms with Gasteiger partial charge in [-0.1, -0.05) is 11.3 Å². The first-order chi connectivity index (χ1) is 8.87. The second-order valence-corrected chi connectivity index (χ2v) is 6.43. The van der Waals surface area contributed by atoms with Gasteiger partial charge in [-0.3, -0.25) is 14.6 Å². The Labute approximate surface area is 112 Å². The fourth-order valence-electron chi connectivity index (χ4n) is 1.17. The quantitative estimate of drug-likeness (QED) is 0.698. The van der Waals surface area contributed by atoms with Gasteiger partial charge in [0.25, 0.3) is 14.4 Å². The molecule has 11 heteroatoms. The van der Waals surface area contributed by atoms with Crippen molar-refractivity contribution in [2.24, 2.45) is 0 Å². The lowest BCUT2D eigenvalue weighted by molar-refractivity contribution is -0.114. The minimum Gasteiger partial charge on any atom is -0.301 e. The second-order valence-electron chi connectivity index (χ2n) is 3.60. The highest BCUT2D eigenvalue weighted by molar-refractivity contribution is 7.94. The molecule has 1 amide bonds. The summed E-state index contributed by atoms with van der Waals surface area (Å²) in [7, 11) is -3.85. The Morgan fingerprint density at radius 3 is 2.74 bits per heavy atom. The van der Waals surface area contributed by atoms with E-state index in [4.69, 9.17) is 0 Å². The molecule has 0 radical (unpaired) electrons. The van der Waals surface area contributed by atoms with Crippen LogP contribution in [0.25, 0.3) is 0 Å². The number of rotatable bonds is 4. The van der Waals surface area contributed by atoms with Gasteiger partial charge in [0.15, 0.2) is 5.82 Å². The molecule has 0 saturated carbocycles. The number of H-pyrrole nitrogens is 1. The van der Waals surface area contributed by atoms with Gasteiger partial charge in [0.1, 0.15) is 0 Å². The van der Waals surface area contributed by atoms with Crippen LogP contribution in [0.5, 0.6) is 0 Å². The van der Waals surface area contributed by atoms with Gasteiger partial charge in [-0.05, 0) is 6.92 Å². The van der Waals surface area contributed by atoms with Crippen LogP contribution in [0, 0.1) is 6.92 Å². The third kappa shape index (κ3) is 3.26. The molecule has 0 unspecified atom stereocenters. The van der Waals surface area contributed by atoms with Gasteiger partial charge < -0.3 is 5.32 Å². The van der Waals surface area contributed by atoms with Crippen LogP contribution >= 0.6 is 11.3 Å². The smallest absolute Gasteiger partial charge is 0.292 e. The molecule has 2 rings (SSSR count). The number of sulfonamides is 1. The first-order valence-electron chi connectivity index (χ1n) is 5.03. The molecule has 102 valence electrons. The number of aromatic amines is 1. The van der Waals surface area contributed by atoms with E-state index in [0.717, 1.165) is 11.3 Å². The van der Waals surface area contributed by atoms with E-state index in [2.05, 4.69) is 30.4 Å². The summed E-state index contributed by atoms with van der Waals surface area (Å²) in [5.74, 6) is -0.190. The molecule has 0 fully saturated rings. The lowest BCUT2D eigenvalue weighted by Crippen LogP contribution is -2.13. The van der Waals surface area contributed by atoms with Gasteiger partial charge in [-0.2, -0.15) is 13.5 Å². The zero-order chi connectivity index (χ0) is 14.0. The van der Waals surface area contributed by atoms with Crippen LogP contribution in [0.15, 0.2) is 10.4 Å². The Morgan fingerprint density at radius 1 is 1.42 bits per heavy atom. The highest BCUT2D eigenvalue weighted by atomic mass is 32.2. The van der Waals surface area contributed by atoms with E-state index in [1.54, 1.807) is 6.92 Å². The molecular weight excluding hydrogens is 292 g/mol. The SMILES string of the molecule is CC(=O)Nc1nnc(S(=O)(=O)Nc2cc(C)[nH]n2)s1. The Morgan fingerprint density at radius 2 is 2.16 bits per heavy atom. The van der Waals surface area contributed by atoms with Crippen molar-refractivity contribution in [3.63, 3.8) is 0 Å². The first kappa shape index (κ1) is 13.4. The van der Waals surface area contributed by atoms with Crippen LogP contribution in [0.1, 0.15) is 12.6 Å². The molecule has 0 aliphatic rings. The minimum absolute atomic E-state index is 0.117. The number of hydrogen-bond acceptors (Lipinski definition) is 7. The molecule has 3 N–H and O–H groups in total. The van der Waals surface area contributed by atoms with Crippen molar-refractivity contribution < 1.29 is 13.2 Å². The largest absolute Gasteiger partial charge is 0.301 e. The van der Waals surface area contributed by atoms with Crippen LogP contribution < -0.4 is 10.0 Å². The zero-order valence-electron chi connectivity index (χ0n) is 9.96. The molecule has 0 spiro atoms. The van der Waals surface area contributed by atoms with Crippen molar-refractivity contribution in [1.29, 1.82) is 0 Å². The molecule has 19 heavy (non-hydrogen) atoms. The summed E-state index contributed by atoms with van der Waals surface area (Å²) >= 11 is 0.752. The fourth-order valence-corrected chi connectivity index (χ4v) is 3.11. The standard InChI is InChI=1S/C8H10N6O3S2/c1-4-3-6(11-10-4)14-19(16,17)8-13-12-7(18-8)9-5(2)15/h3H,1-2H3,(H,9,12,15)(H2,10,11,14). The van der Waals surface area contributed by atoms with E-state index in [1.807, 2.05) is 0 Å². The number of nitrogens with zero attached hydrogens (tertiary/aromatic N) is 3. The average Bonchev–Trinajstić information content (AvgIpc) is 2.87. The average molecular weight is 302 g/mol. The highest BCUT2D eigenvalue weighted by Gasteiger charge is 2.21. The molecule has 0 aliphatic heterocycles. The molecule has 2 heterocycles. The lowest BCUT2D eigenvalue weighted by atomic mass is 10.5. The van der Waals surface area contributed by atoms with E-state index in [1.165, 1.54) is 13.0 Å². The third-order valence-corrected chi connectivity index (χ3v) is 4.43. The molecule has 0 atom stereocenters. The van der Waals surface area contributed by atoms with Gasteiger partial charge in [0.2, 0.25) is 11.0 Å². The normalized spacial score (nSPS) is 11.3. The number of hydrogen-bond donors (Lipinski definition) is 3. The lowest BCUT2D eigenvalue weighted by Gasteiger charge is -1.99. The van der Waals surface area contributed by atoms with E-state index < -0.39 is 10.0 Å². The maximum absolute atomic E-state index is 11.9. The first-order valence-corrected chi connectivity index (χ1v) is 7.33. The summed E-state index contributed by atoms with van der Waals surface area (Å²) < 4.78 is 25.9. The summed E-state index contributed by atoms with van der Waals surface area (Å²) in [5.41, 5.74) is 0.717. The predicted octanol–water partition coefficient (Wildman–Crippen LogP) is 0.329. The van der Waals surface area contributed by atoms with Crippen molar-refractivity contribution in [2.45, 2.75) is 18.2 Å². The summed E-state index contributed by atoms with van der Waals surface area (Å²) in [6, 6.07) is 1.54. The van der Waals surface area contributed by atoms with Crippen LogP contribution in [0.4, 0.5) is 10.9 Å². The van der Waals surface area contributed by atoms with Crippen molar-refractivity contribution >= 4 is 38.2 Å². The van der Waals surface area contributed by atoms with Crippen molar-refractivity contribution in [1.82, 2.24) is 20.4 Å². The van der Waals surface area contributed by atoms with Gasteiger partial charge in [-0.25, -0.2) is 0 Å². The number of amides is 1. The number of carbonyl (C=O) groups is 1. The molecule has 0 aromatic carbocycles. The Hall–Kier alpha value is -2.01. The number of anilines is 2. The van der Waals surface area contributed by atoms with Crippen LogP contribution in [-0.4, -0.2) is 34.7 Å². The second kappa shape index (κ2) is 4.93. The maximum Gasteiger partial charge on any atom is 0.292 e. The molecule has 0 saturated heterocycles. The molecule has 2 aromatic rings. The molecule has 9 nitrogen and oxygen atoms in total. The Balaban J connectivity index is 2.19. The van der Waals surface area contributed by atoms with Gasteiger partial charge in [0, 0.05) is 18.7 Å². The number of carbonyl (C=O) groups excluding carboxylic acids is 1. The van der Waals surface area contributed by atoms with E-state index >= 15 is 0 Å². The van der Waals surface area contributed by atoms with E-state index in [-0.39, 0.29) is 21.2 Å². The van der Waals surface area contributed by atoms with Gasteiger partial charge in [0.05, 0.1) is 0 Å². The number of nitrogens with one attached hydrogen (secondary N) is 3. The fraction of sp³-hybridized carbons (Fsp3) is 0.250. The Bertz CT molecular complexity index is 704. The van der Waals surface area contributed by atoms with Crippen molar-refractivity contribution in [2.75, 3.05) is 10.0 Å². The van der Waals surface area contributed by atoms with Gasteiger partial charge in [-0.15, -0.1) is 10.2 Å². The van der Waals surface area contributed by atoms with Crippen molar-refractivity contribution in [3.05, 3.63) is 11.8 Å². The monoisotopic (exact) mass is 302 g/mol. The maximum atomic E-state index is 11.9. The minimum atomic E-state index is -3.85. The van der Waals surface area contributed by atoms with Crippen LogP contribution in [0.3, 0.4) is 0 Å². The van der Waals surface area contributed by atoms with E-state index in [0.29, 0.717) is 5.69 Å². The zero-order valence-corrected chi connectivity index (χ0v) is 11.6. The molecule has 0 bridgehead atoms. The summed E-state index contributed by atoms with van der Waals surface area (Å²) in [5, 5.41) is 15.9.